The molecule has 0 aliphatic rings. The van der Waals surface area contributed by atoms with Crippen molar-refractivity contribution in [3.63, 3.8) is 0 Å². The maximum atomic E-state index is 12.7. The summed E-state index contributed by atoms with van der Waals surface area (Å²) in [6.45, 7) is 2.09. The smallest absolute Gasteiger partial charge is 0.396 e. The maximum absolute atomic E-state index is 12.7. The number of hydrogen-bond acceptors (Lipinski definition) is 6. The number of para-hydroxylation sites is 2. The van der Waals surface area contributed by atoms with Crippen molar-refractivity contribution in [3.8, 4) is 11.5 Å². The van der Waals surface area contributed by atoms with Crippen molar-refractivity contribution in [2.45, 2.75) is 26.8 Å². The van der Waals surface area contributed by atoms with Gasteiger partial charge in [-0.1, -0.05) is 57.2 Å². The number of amides is 2. The monoisotopic (exact) mass is 436 g/mol. The predicted octanol–water partition coefficient (Wildman–Crippen LogP) is 4.26. The molecule has 9 heteroatoms. The zero-order valence-corrected chi connectivity index (χ0v) is 18.5. The number of benzene rings is 2. The second kappa shape index (κ2) is 9.76. The Hall–Kier alpha value is -2.57. The number of esters is 1. The normalized spacial score (nSPS) is 12.4. The summed E-state index contributed by atoms with van der Waals surface area (Å²) < 4.78 is 16.5. The molecular weight excluding hydrogens is 411 g/mol. The zero-order valence-electron chi connectivity index (χ0n) is 16.7. The minimum absolute atomic E-state index is 0.451. The van der Waals surface area contributed by atoms with Gasteiger partial charge in [0.15, 0.2) is 0 Å². The Bertz CT molecular complexity index is 826. The number of methoxy groups -OCH3 is 1. The third-order valence-corrected chi connectivity index (χ3v) is 5.85. The molecule has 0 fully saturated rings. The van der Waals surface area contributed by atoms with Gasteiger partial charge < -0.3 is 19.1 Å². The average Bonchev–Trinajstić information content (AvgIpc) is 2.66. The van der Waals surface area contributed by atoms with Crippen LogP contribution >= 0.6 is 6.64 Å². The van der Waals surface area contributed by atoms with Gasteiger partial charge in [0.2, 0.25) is 0 Å². The molecular formula is C20H25N2O5PS. The zero-order chi connectivity index (χ0) is 21.5. The van der Waals surface area contributed by atoms with Crippen LogP contribution in [0.2, 0.25) is 0 Å². The molecule has 156 valence electrons. The van der Waals surface area contributed by atoms with Crippen molar-refractivity contribution in [2.75, 3.05) is 7.11 Å². The Morgan fingerprint density at radius 3 is 1.76 bits per heavy atom. The average molecular weight is 436 g/mol. The first kappa shape index (κ1) is 22.7. The molecule has 2 aromatic rings. The molecule has 0 saturated carbocycles. The molecule has 0 spiro atoms. The van der Waals surface area contributed by atoms with Gasteiger partial charge in [-0.05, 0) is 29.7 Å². The minimum atomic E-state index is -3.35. The van der Waals surface area contributed by atoms with Crippen molar-refractivity contribution in [1.82, 2.24) is 10.4 Å². The fourth-order valence-corrected chi connectivity index (χ4v) is 4.34. The number of rotatable bonds is 7. The highest BCUT2D eigenvalue weighted by atomic mass is 32.5. The van der Waals surface area contributed by atoms with E-state index >= 15 is 0 Å². The standard InChI is InChI=1S/C20H25N2O5PS/c1-20(2,3)17(18(23)25-4)21-19(24)22-28(29,26-15-11-7-5-8-12-15)27-16-13-9-6-10-14-16/h5-14,17H,1-4H3,(H2,21,22,24,29)/t17-/m0/s1. The number of hydrogen-bond donors (Lipinski definition) is 2. The maximum Gasteiger partial charge on any atom is 0.396 e. The second-order valence-electron chi connectivity index (χ2n) is 7.21. The third kappa shape index (κ3) is 7.07. The van der Waals surface area contributed by atoms with Crippen LogP contribution in [0.1, 0.15) is 20.8 Å². The lowest BCUT2D eigenvalue weighted by Gasteiger charge is -2.30. The van der Waals surface area contributed by atoms with Gasteiger partial charge >= 0.3 is 18.6 Å². The van der Waals surface area contributed by atoms with E-state index in [1.54, 1.807) is 48.5 Å². The van der Waals surface area contributed by atoms with Crippen molar-refractivity contribution in [1.29, 1.82) is 0 Å². The molecule has 1 atom stereocenters. The summed E-state index contributed by atoms with van der Waals surface area (Å²) in [6, 6.07) is 16.1. The van der Waals surface area contributed by atoms with Gasteiger partial charge in [-0.15, -0.1) is 0 Å². The van der Waals surface area contributed by atoms with E-state index in [1.165, 1.54) is 7.11 Å². The molecule has 2 amide bonds. The largest absolute Gasteiger partial charge is 0.467 e. The Morgan fingerprint density at radius 2 is 1.38 bits per heavy atom. The van der Waals surface area contributed by atoms with Gasteiger partial charge in [0.25, 0.3) is 0 Å². The highest BCUT2D eigenvalue weighted by Gasteiger charge is 2.35. The van der Waals surface area contributed by atoms with Crippen LogP contribution in [0.5, 0.6) is 11.5 Å². The Morgan fingerprint density at radius 1 is 0.931 bits per heavy atom. The van der Waals surface area contributed by atoms with Crippen LogP contribution in [0, 0.1) is 5.41 Å². The van der Waals surface area contributed by atoms with E-state index in [1.807, 2.05) is 32.9 Å². The summed E-state index contributed by atoms with van der Waals surface area (Å²) in [4.78, 5) is 24.8. The molecule has 0 aromatic heterocycles. The molecule has 0 aliphatic carbocycles. The molecule has 2 aromatic carbocycles. The van der Waals surface area contributed by atoms with Crippen molar-refractivity contribution in [3.05, 3.63) is 60.7 Å². The van der Waals surface area contributed by atoms with E-state index in [-0.39, 0.29) is 0 Å². The summed E-state index contributed by atoms with van der Waals surface area (Å²) in [5.41, 5.74) is -0.576. The van der Waals surface area contributed by atoms with Crippen LogP contribution in [0.4, 0.5) is 4.79 Å². The number of nitrogens with one attached hydrogen (secondary N) is 2. The predicted molar refractivity (Wildman–Crippen MR) is 115 cm³/mol. The lowest BCUT2D eigenvalue weighted by molar-refractivity contribution is -0.145. The quantitative estimate of drug-likeness (QED) is 0.498. The van der Waals surface area contributed by atoms with E-state index in [2.05, 4.69) is 10.4 Å². The summed E-state index contributed by atoms with van der Waals surface area (Å²) in [7, 11) is 1.27. The first-order valence-electron chi connectivity index (χ1n) is 8.89. The molecule has 2 rings (SSSR count). The van der Waals surface area contributed by atoms with E-state index in [9.17, 15) is 9.59 Å². The Balaban J connectivity index is 2.23. The molecule has 0 aliphatic heterocycles. The van der Waals surface area contributed by atoms with Gasteiger partial charge in [0.05, 0.1) is 7.11 Å². The second-order valence-corrected chi connectivity index (χ2v) is 10.2. The van der Waals surface area contributed by atoms with Crippen molar-refractivity contribution in [2.24, 2.45) is 5.41 Å². The lowest BCUT2D eigenvalue weighted by atomic mass is 9.87. The van der Waals surface area contributed by atoms with Crippen molar-refractivity contribution < 1.29 is 23.4 Å². The lowest BCUT2D eigenvalue weighted by Crippen LogP contribution is -2.52. The topological polar surface area (TPSA) is 85.9 Å². The molecule has 2 N–H and O–H groups in total. The number of carbonyl (C=O) groups is 2. The summed E-state index contributed by atoms with van der Waals surface area (Å²) in [5.74, 6) is 0.341. The fourth-order valence-electron chi connectivity index (χ4n) is 2.34. The molecule has 0 radical (unpaired) electrons. The van der Waals surface area contributed by atoms with Gasteiger partial charge in [0.1, 0.15) is 17.5 Å². The number of carbonyl (C=O) groups excluding carboxylic acids is 2. The van der Waals surface area contributed by atoms with Gasteiger partial charge in [-0.3, -0.25) is 0 Å². The Labute approximate surface area is 176 Å². The molecule has 29 heavy (non-hydrogen) atoms. The summed E-state index contributed by atoms with van der Waals surface area (Å²) >= 11 is 5.56. The van der Waals surface area contributed by atoms with Crippen molar-refractivity contribution >= 4 is 30.4 Å². The first-order chi connectivity index (χ1) is 13.6. The molecule has 0 heterocycles. The molecule has 0 unspecified atom stereocenters. The number of ether oxygens (including phenoxy) is 1. The summed E-state index contributed by atoms with van der Waals surface area (Å²) in [5, 5.41) is 5.21. The van der Waals surface area contributed by atoms with Crippen LogP contribution in [0.25, 0.3) is 0 Å². The van der Waals surface area contributed by atoms with E-state index < -0.39 is 30.1 Å². The molecule has 7 nitrogen and oxygen atoms in total. The third-order valence-electron chi connectivity index (χ3n) is 3.75. The van der Waals surface area contributed by atoms with Crippen LogP contribution in [-0.2, 0) is 21.3 Å². The van der Waals surface area contributed by atoms with Crippen LogP contribution in [0.15, 0.2) is 60.7 Å². The highest BCUT2D eigenvalue weighted by molar-refractivity contribution is 8.09. The van der Waals surface area contributed by atoms with Crippen LogP contribution < -0.4 is 19.5 Å². The van der Waals surface area contributed by atoms with Gasteiger partial charge in [-0.25, -0.2) is 14.7 Å². The van der Waals surface area contributed by atoms with E-state index in [0.29, 0.717) is 11.5 Å². The van der Waals surface area contributed by atoms with Gasteiger partial charge in [0, 0.05) is 11.8 Å². The van der Waals surface area contributed by atoms with E-state index in [0.717, 1.165) is 0 Å². The SMILES string of the molecule is COC(=O)[C@H](NC(=O)NP(=S)(Oc1ccccc1)Oc1ccccc1)C(C)(C)C. The van der Waals surface area contributed by atoms with Crippen LogP contribution in [0.3, 0.4) is 0 Å². The molecule has 0 bridgehead atoms. The van der Waals surface area contributed by atoms with Crippen LogP contribution in [-0.4, -0.2) is 25.2 Å². The fraction of sp³-hybridized carbons (Fsp3) is 0.300. The number of urea groups is 1. The highest BCUT2D eigenvalue weighted by Crippen LogP contribution is 2.45. The van der Waals surface area contributed by atoms with Gasteiger partial charge in [-0.2, -0.15) is 0 Å². The summed E-state index contributed by atoms with van der Waals surface area (Å²) in [6.07, 6.45) is 0. The molecule has 0 saturated heterocycles. The van der Waals surface area contributed by atoms with E-state index in [4.69, 9.17) is 25.6 Å². The minimum Gasteiger partial charge on any atom is -0.467 e. The Kier molecular flexibility index (Phi) is 7.65. The first-order valence-corrected chi connectivity index (χ1v) is 11.5.